The van der Waals surface area contributed by atoms with Crippen LogP contribution in [0.25, 0.3) is 0 Å². The van der Waals surface area contributed by atoms with Gasteiger partial charge in [0, 0.05) is 37.3 Å². The highest BCUT2D eigenvalue weighted by atomic mass is 127. The number of amides is 2. The van der Waals surface area contributed by atoms with Crippen LogP contribution < -0.4 is 14.8 Å². The smallest absolute Gasteiger partial charge is 0.248 e. The fourth-order valence-corrected chi connectivity index (χ4v) is 7.72. The number of methoxy groups -OCH3 is 1. The molecule has 4 aliphatic rings. The maximum Gasteiger partial charge on any atom is 0.248 e. The molecular weight excluding hydrogens is 655 g/mol. The second-order valence-corrected chi connectivity index (χ2v) is 13.2. The van der Waals surface area contributed by atoms with Gasteiger partial charge in [-0.2, -0.15) is 0 Å². The van der Waals surface area contributed by atoms with Crippen LogP contribution >= 0.6 is 22.6 Å². The van der Waals surface area contributed by atoms with E-state index in [1.807, 2.05) is 29.5 Å². The van der Waals surface area contributed by atoms with Gasteiger partial charge >= 0.3 is 0 Å². The van der Waals surface area contributed by atoms with Crippen LogP contribution in [-0.2, 0) is 14.3 Å². The SMILES string of the molecule is CCOCC(=O)N(C[C@@H]1CC[C@H]2C[C@@H]1C2(C)C)[C@@H]1CC(C(=O)NCCO)=C[C@H](Oc2c(I)cc(C=O)cc2OC)[C@H]1O. The minimum Gasteiger partial charge on any atom is -0.493 e. The number of hydrogen-bond acceptors (Lipinski definition) is 8. The van der Waals surface area contributed by atoms with Gasteiger partial charge in [-0.25, -0.2) is 0 Å². The summed E-state index contributed by atoms with van der Waals surface area (Å²) in [4.78, 5) is 40.0. The van der Waals surface area contributed by atoms with Gasteiger partial charge in [0.25, 0.3) is 0 Å². The molecule has 11 heteroatoms. The first kappa shape index (κ1) is 32.7. The zero-order valence-corrected chi connectivity index (χ0v) is 27.0. The lowest BCUT2D eigenvalue weighted by Crippen LogP contribution is -2.60. The van der Waals surface area contributed by atoms with Crippen molar-refractivity contribution >= 4 is 40.7 Å². The van der Waals surface area contributed by atoms with E-state index < -0.39 is 24.2 Å². The Kier molecular flexibility index (Phi) is 10.9. The number of carbonyl (C=O) groups excluding carboxylic acids is 3. The Balaban J connectivity index is 1.69. The van der Waals surface area contributed by atoms with Crippen molar-refractivity contribution < 1.29 is 38.8 Å². The molecule has 10 nitrogen and oxygen atoms in total. The van der Waals surface area contributed by atoms with Gasteiger partial charge in [-0.3, -0.25) is 14.4 Å². The second kappa shape index (κ2) is 14.0. The number of nitrogens with zero attached hydrogens (tertiary/aromatic N) is 1. The summed E-state index contributed by atoms with van der Waals surface area (Å²) in [6.07, 6.45) is 3.52. The largest absolute Gasteiger partial charge is 0.493 e. The first-order valence-corrected chi connectivity index (χ1v) is 15.8. The molecule has 5 rings (SSSR count). The van der Waals surface area contributed by atoms with Crippen LogP contribution in [0.2, 0.25) is 0 Å². The van der Waals surface area contributed by atoms with Crippen LogP contribution in [0.15, 0.2) is 23.8 Å². The zero-order chi connectivity index (χ0) is 30.6. The van der Waals surface area contributed by atoms with E-state index in [-0.39, 0.29) is 43.4 Å². The van der Waals surface area contributed by atoms with Crippen molar-refractivity contribution in [2.24, 2.45) is 23.2 Å². The van der Waals surface area contributed by atoms with E-state index in [0.29, 0.717) is 57.5 Å². The van der Waals surface area contributed by atoms with E-state index in [1.165, 1.54) is 7.11 Å². The van der Waals surface area contributed by atoms with Crippen molar-refractivity contribution in [2.45, 2.75) is 64.7 Å². The van der Waals surface area contributed by atoms with E-state index in [1.54, 1.807) is 23.1 Å². The number of ether oxygens (including phenoxy) is 3. The number of halogens is 1. The summed E-state index contributed by atoms with van der Waals surface area (Å²) in [7, 11) is 1.46. The van der Waals surface area contributed by atoms with Gasteiger partial charge in [0.15, 0.2) is 11.5 Å². The number of rotatable bonds is 13. The Morgan fingerprint density at radius 2 is 2.02 bits per heavy atom. The molecule has 0 heterocycles. The highest BCUT2D eigenvalue weighted by Gasteiger charge is 2.55. The number of hydrogen-bond donors (Lipinski definition) is 3. The summed E-state index contributed by atoms with van der Waals surface area (Å²) in [5.41, 5.74) is 0.973. The van der Waals surface area contributed by atoms with Crippen molar-refractivity contribution in [3.8, 4) is 11.5 Å². The maximum atomic E-state index is 13.7. The summed E-state index contributed by atoms with van der Waals surface area (Å²) < 4.78 is 17.9. The first-order valence-electron chi connectivity index (χ1n) is 14.7. The molecule has 0 aliphatic heterocycles. The molecule has 3 fully saturated rings. The van der Waals surface area contributed by atoms with E-state index in [9.17, 15) is 24.6 Å². The zero-order valence-electron chi connectivity index (χ0n) is 24.8. The molecule has 1 aromatic rings. The number of aliphatic hydroxyl groups excluding tert-OH is 2. The third-order valence-corrected chi connectivity index (χ3v) is 10.2. The number of benzene rings is 1. The molecule has 0 unspecified atom stereocenters. The van der Waals surface area contributed by atoms with Crippen LogP contribution in [0.5, 0.6) is 11.5 Å². The monoisotopic (exact) mass is 698 g/mol. The normalized spacial score (nSPS) is 27.7. The number of aldehydes is 1. The molecule has 0 saturated heterocycles. The summed E-state index contributed by atoms with van der Waals surface area (Å²) in [6.45, 7) is 7.01. The van der Waals surface area contributed by atoms with Crippen molar-refractivity contribution in [3.05, 3.63) is 32.9 Å². The molecule has 0 radical (unpaired) electrons. The number of nitrogens with one attached hydrogen (secondary N) is 1. The van der Waals surface area contributed by atoms with Gasteiger partial charge in [-0.15, -0.1) is 0 Å². The van der Waals surface area contributed by atoms with Crippen LogP contribution in [0.3, 0.4) is 0 Å². The molecule has 232 valence electrons. The average molecular weight is 699 g/mol. The van der Waals surface area contributed by atoms with E-state index in [0.717, 1.165) is 19.3 Å². The topological polar surface area (TPSA) is 135 Å². The van der Waals surface area contributed by atoms with E-state index in [2.05, 4.69) is 19.2 Å². The fraction of sp³-hybridized carbons (Fsp3) is 0.645. The molecule has 1 aromatic carbocycles. The number of fused-ring (bicyclic) bond motifs is 2. The molecule has 6 atom stereocenters. The molecule has 3 saturated carbocycles. The third-order valence-electron chi connectivity index (χ3n) is 9.44. The second-order valence-electron chi connectivity index (χ2n) is 12.0. The van der Waals surface area contributed by atoms with Crippen LogP contribution in [0, 0.1) is 26.7 Å². The Labute approximate surface area is 261 Å². The Hall–Kier alpha value is -2.22. The lowest BCUT2D eigenvalue weighted by molar-refractivity contribution is -0.152. The van der Waals surface area contributed by atoms with Gasteiger partial charge in [0.1, 0.15) is 25.1 Å². The minimum atomic E-state index is -1.16. The number of carbonyl (C=O) groups is 3. The van der Waals surface area contributed by atoms with Crippen molar-refractivity contribution in [1.29, 1.82) is 0 Å². The van der Waals surface area contributed by atoms with Gasteiger partial charge in [0.2, 0.25) is 11.8 Å². The van der Waals surface area contributed by atoms with Crippen molar-refractivity contribution in [1.82, 2.24) is 10.2 Å². The quantitative estimate of drug-likeness (QED) is 0.212. The minimum absolute atomic E-state index is 0.0702. The predicted molar refractivity (Wildman–Crippen MR) is 164 cm³/mol. The lowest BCUT2D eigenvalue weighted by Gasteiger charge is -2.61. The van der Waals surface area contributed by atoms with Crippen molar-refractivity contribution in [3.63, 3.8) is 0 Å². The molecule has 42 heavy (non-hydrogen) atoms. The van der Waals surface area contributed by atoms with Crippen LogP contribution in [0.4, 0.5) is 0 Å². The highest BCUT2D eigenvalue weighted by Crippen LogP contribution is 2.61. The standard InChI is InChI=1S/C31H43IN2O8/c1-5-41-17-27(37)34(15-19-6-7-21-14-22(19)31(21,2)3)24-12-20(30(39)33-8-9-35)13-25(28(24)38)42-29-23(32)10-18(16-36)11-26(29)40-4/h10-11,13,16,19,21-22,24-25,28,35,38H,5-9,12,14-15,17H2,1-4H3,(H,33,39)/t19-,21-,22-,24+,25-,28-/m0/s1. The van der Waals surface area contributed by atoms with E-state index >= 15 is 0 Å². The number of aliphatic hydroxyl groups is 2. The van der Waals surface area contributed by atoms with Gasteiger partial charge in [0.05, 0.1) is 23.3 Å². The molecular formula is C31H43IN2O8. The molecule has 0 aromatic heterocycles. The summed E-state index contributed by atoms with van der Waals surface area (Å²) in [6, 6.07) is 2.44. The lowest BCUT2D eigenvalue weighted by atomic mass is 9.45. The Morgan fingerprint density at radius 3 is 2.64 bits per heavy atom. The van der Waals surface area contributed by atoms with Crippen LogP contribution in [-0.4, -0.2) is 91.5 Å². The highest BCUT2D eigenvalue weighted by molar-refractivity contribution is 14.1. The molecule has 3 N–H and O–H groups in total. The van der Waals surface area contributed by atoms with Crippen molar-refractivity contribution in [2.75, 3.05) is 40.0 Å². The van der Waals surface area contributed by atoms with Gasteiger partial charge in [-0.1, -0.05) is 13.8 Å². The van der Waals surface area contributed by atoms with Gasteiger partial charge in [-0.05, 0) is 90.2 Å². The maximum absolute atomic E-state index is 13.7. The first-order chi connectivity index (χ1) is 20.0. The Morgan fingerprint density at radius 1 is 1.26 bits per heavy atom. The average Bonchev–Trinajstić information content (AvgIpc) is 2.99. The Bertz CT molecular complexity index is 1190. The molecule has 2 bridgehead atoms. The predicted octanol–water partition coefficient (Wildman–Crippen LogP) is 2.97. The molecule has 2 amide bonds. The molecule has 4 aliphatic carbocycles. The third kappa shape index (κ3) is 6.79. The summed E-state index contributed by atoms with van der Waals surface area (Å²) >= 11 is 2.03. The summed E-state index contributed by atoms with van der Waals surface area (Å²) in [5.74, 6) is 1.46. The van der Waals surface area contributed by atoms with E-state index in [4.69, 9.17) is 14.2 Å². The fourth-order valence-electron chi connectivity index (χ4n) is 6.97. The van der Waals surface area contributed by atoms with Gasteiger partial charge < -0.3 is 34.6 Å². The summed E-state index contributed by atoms with van der Waals surface area (Å²) in [5, 5.41) is 23.8. The van der Waals surface area contributed by atoms with Crippen LogP contribution in [0.1, 0.15) is 56.8 Å². The molecule has 0 spiro atoms.